The van der Waals surface area contributed by atoms with Crippen LogP contribution in [0.25, 0.3) is 0 Å². The predicted octanol–water partition coefficient (Wildman–Crippen LogP) is 1.88. The summed E-state index contributed by atoms with van der Waals surface area (Å²) in [6.45, 7) is 1.99. The van der Waals surface area contributed by atoms with E-state index in [2.05, 4.69) is 10.3 Å². The molecule has 0 aliphatic carbocycles. The summed E-state index contributed by atoms with van der Waals surface area (Å²) in [5.74, 6) is 0.596. The Kier molecular flexibility index (Phi) is 7.47. The molecule has 0 aromatic rings. The van der Waals surface area contributed by atoms with Crippen LogP contribution >= 0.6 is 0 Å². The third kappa shape index (κ3) is 7.51. The number of alkyl halides is 3. The molecular formula is C14H25F3N4O. The van der Waals surface area contributed by atoms with E-state index in [4.69, 9.17) is 5.73 Å². The van der Waals surface area contributed by atoms with Crippen LogP contribution in [-0.2, 0) is 4.79 Å². The molecule has 1 amide bonds. The van der Waals surface area contributed by atoms with E-state index < -0.39 is 12.6 Å². The van der Waals surface area contributed by atoms with Gasteiger partial charge in [0.15, 0.2) is 5.96 Å². The van der Waals surface area contributed by atoms with Crippen molar-refractivity contribution in [3.05, 3.63) is 0 Å². The number of carbonyl (C=O) groups excluding carboxylic acids is 1. The van der Waals surface area contributed by atoms with Crippen LogP contribution in [0, 0.1) is 5.92 Å². The number of halogens is 3. The highest BCUT2D eigenvalue weighted by molar-refractivity contribution is 5.80. The molecule has 8 heteroatoms. The quantitative estimate of drug-likeness (QED) is 0.446. The zero-order chi connectivity index (χ0) is 16.6. The van der Waals surface area contributed by atoms with Gasteiger partial charge >= 0.3 is 6.18 Å². The van der Waals surface area contributed by atoms with Gasteiger partial charge in [-0.15, -0.1) is 0 Å². The van der Waals surface area contributed by atoms with Crippen molar-refractivity contribution in [3.8, 4) is 0 Å². The smallest absolute Gasteiger partial charge is 0.370 e. The Bertz CT molecular complexity index is 385. The zero-order valence-corrected chi connectivity index (χ0v) is 13.0. The Labute approximate surface area is 129 Å². The fourth-order valence-corrected chi connectivity index (χ4v) is 2.69. The van der Waals surface area contributed by atoms with Gasteiger partial charge in [0.05, 0.1) is 0 Å². The lowest BCUT2D eigenvalue weighted by Gasteiger charge is -2.34. The minimum atomic E-state index is -4.09. The molecule has 1 rings (SSSR count). The molecule has 0 spiro atoms. The Hall–Kier alpha value is -1.47. The monoisotopic (exact) mass is 322 g/mol. The molecule has 0 saturated carbocycles. The fraction of sp³-hybridized carbons (Fsp3) is 0.857. The number of aliphatic imine (C=N–C) groups is 1. The molecule has 1 fully saturated rings. The van der Waals surface area contributed by atoms with Crippen molar-refractivity contribution >= 4 is 11.9 Å². The van der Waals surface area contributed by atoms with Crippen LogP contribution in [0.4, 0.5) is 13.2 Å². The number of guanidine groups is 1. The number of likely N-dealkylation sites (tertiary alicyclic amines) is 1. The van der Waals surface area contributed by atoms with Crippen LogP contribution in [0.15, 0.2) is 4.99 Å². The van der Waals surface area contributed by atoms with Gasteiger partial charge in [0, 0.05) is 39.5 Å². The van der Waals surface area contributed by atoms with Gasteiger partial charge < -0.3 is 16.0 Å². The van der Waals surface area contributed by atoms with Gasteiger partial charge in [-0.05, 0) is 31.6 Å². The van der Waals surface area contributed by atoms with Crippen molar-refractivity contribution in [1.82, 2.24) is 10.2 Å². The van der Waals surface area contributed by atoms with E-state index >= 15 is 0 Å². The highest BCUT2D eigenvalue weighted by Crippen LogP contribution is 2.22. The lowest BCUT2D eigenvalue weighted by molar-refractivity contribution is -0.135. The van der Waals surface area contributed by atoms with Crippen molar-refractivity contribution in [2.75, 3.05) is 26.7 Å². The molecule has 5 nitrogen and oxygen atoms in total. The van der Waals surface area contributed by atoms with Gasteiger partial charge in [0.25, 0.3) is 0 Å². The van der Waals surface area contributed by atoms with E-state index in [0.717, 1.165) is 19.4 Å². The van der Waals surface area contributed by atoms with Crippen LogP contribution in [0.2, 0.25) is 0 Å². The van der Waals surface area contributed by atoms with E-state index in [-0.39, 0.29) is 18.2 Å². The highest BCUT2D eigenvalue weighted by Gasteiger charge is 2.26. The number of hydrogen-bond donors (Lipinski definition) is 2. The maximum atomic E-state index is 12.1. The maximum Gasteiger partial charge on any atom is 0.389 e. The third-order valence-electron chi connectivity index (χ3n) is 3.69. The van der Waals surface area contributed by atoms with Crippen molar-refractivity contribution < 1.29 is 18.0 Å². The normalized spacial score (nSPS) is 20.1. The standard InChI is InChI=1S/C14H25F3N4O/c1-19-13(20-7-3-2-6-14(15,16)17)21-8-4-5-11(10-21)9-12(18)22/h11H,2-10H2,1H3,(H2,18,22)(H,19,20). The largest absolute Gasteiger partial charge is 0.389 e. The van der Waals surface area contributed by atoms with Crippen molar-refractivity contribution in [1.29, 1.82) is 0 Å². The summed E-state index contributed by atoms with van der Waals surface area (Å²) in [6.07, 6.45) is -2.02. The van der Waals surface area contributed by atoms with Gasteiger partial charge in [-0.3, -0.25) is 9.79 Å². The number of rotatable bonds is 6. The first-order valence-corrected chi connectivity index (χ1v) is 7.62. The lowest BCUT2D eigenvalue weighted by Crippen LogP contribution is -2.47. The number of primary amides is 1. The Morgan fingerprint density at radius 2 is 2.14 bits per heavy atom. The maximum absolute atomic E-state index is 12.1. The molecule has 0 aromatic heterocycles. The van der Waals surface area contributed by atoms with E-state index in [1.54, 1.807) is 7.05 Å². The van der Waals surface area contributed by atoms with E-state index in [1.165, 1.54) is 0 Å². The molecular weight excluding hydrogens is 297 g/mol. The topological polar surface area (TPSA) is 70.7 Å². The summed E-state index contributed by atoms with van der Waals surface area (Å²) in [4.78, 5) is 17.2. The first-order valence-electron chi connectivity index (χ1n) is 7.62. The molecule has 1 saturated heterocycles. The average molecular weight is 322 g/mol. The second-order valence-electron chi connectivity index (χ2n) is 5.67. The minimum absolute atomic E-state index is 0.109. The zero-order valence-electron chi connectivity index (χ0n) is 13.0. The molecule has 1 aliphatic rings. The molecule has 1 aliphatic heterocycles. The van der Waals surface area contributed by atoms with Crippen LogP contribution in [0.3, 0.4) is 0 Å². The summed E-state index contributed by atoms with van der Waals surface area (Å²) >= 11 is 0. The number of nitrogens with zero attached hydrogens (tertiary/aromatic N) is 2. The second kappa shape index (κ2) is 8.85. The number of nitrogens with one attached hydrogen (secondary N) is 1. The third-order valence-corrected chi connectivity index (χ3v) is 3.69. The van der Waals surface area contributed by atoms with Gasteiger partial charge in [-0.2, -0.15) is 13.2 Å². The predicted molar refractivity (Wildman–Crippen MR) is 79.4 cm³/mol. The Morgan fingerprint density at radius 1 is 1.41 bits per heavy atom. The molecule has 0 bridgehead atoms. The Balaban J connectivity index is 2.33. The van der Waals surface area contributed by atoms with Gasteiger partial charge in [0.2, 0.25) is 5.91 Å². The van der Waals surface area contributed by atoms with Crippen LogP contribution in [0.1, 0.15) is 38.5 Å². The summed E-state index contributed by atoms with van der Waals surface area (Å²) in [6, 6.07) is 0. The van der Waals surface area contributed by atoms with Gasteiger partial charge in [-0.25, -0.2) is 0 Å². The molecule has 3 N–H and O–H groups in total. The summed E-state index contributed by atoms with van der Waals surface area (Å²) in [7, 11) is 1.65. The second-order valence-corrected chi connectivity index (χ2v) is 5.67. The minimum Gasteiger partial charge on any atom is -0.370 e. The molecule has 0 radical (unpaired) electrons. The number of piperidine rings is 1. The summed E-state index contributed by atoms with van der Waals surface area (Å²) in [5.41, 5.74) is 5.23. The molecule has 1 atom stereocenters. The molecule has 128 valence electrons. The van der Waals surface area contributed by atoms with Crippen LogP contribution in [-0.4, -0.2) is 49.6 Å². The summed E-state index contributed by atoms with van der Waals surface area (Å²) in [5, 5.41) is 3.09. The Morgan fingerprint density at radius 3 is 2.73 bits per heavy atom. The first-order chi connectivity index (χ1) is 10.3. The number of nitrogens with two attached hydrogens (primary N) is 1. The van der Waals surface area contributed by atoms with Crippen LogP contribution in [0.5, 0.6) is 0 Å². The highest BCUT2D eigenvalue weighted by atomic mass is 19.4. The molecule has 1 unspecified atom stereocenters. The summed E-state index contributed by atoms with van der Waals surface area (Å²) < 4.78 is 36.2. The number of hydrogen-bond acceptors (Lipinski definition) is 2. The van der Waals surface area contributed by atoms with E-state index in [1.807, 2.05) is 4.90 Å². The molecule has 22 heavy (non-hydrogen) atoms. The van der Waals surface area contributed by atoms with Gasteiger partial charge in [-0.1, -0.05) is 0 Å². The van der Waals surface area contributed by atoms with Crippen molar-refractivity contribution in [2.24, 2.45) is 16.6 Å². The molecule has 0 aromatic carbocycles. The van der Waals surface area contributed by atoms with Gasteiger partial charge in [0.1, 0.15) is 0 Å². The number of amides is 1. The van der Waals surface area contributed by atoms with Crippen molar-refractivity contribution in [3.63, 3.8) is 0 Å². The average Bonchev–Trinajstić information content (AvgIpc) is 2.41. The molecule has 1 heterocycles. The first kappa shape index (κ1) is 18.6. The lowest BCUT2D eigenvalue weighted by atomic mass is 9.95. The number of unbranched alkanes of at least 4 members (excludes halogenated alkanes) is 1. The van der Waals surface area contributed by atoms with Crippen molar-refractivity contribution in [2.45, 2.75) is 44.7 Å². The van der Waals surface area contributed by atoms with E-state index in [0.29, 0.717) is 31.9 Å². The number of carbonyl (C=O) groups is 1. The van der Waals surface area contributed by atoms with Crippen LogP contribution < -0.4 is 11.1 Å². The van der Waals surface area contributed by atoms with E-state index in [9.17, 15) is 18.0 Å². The SMILES string of the molecule is CN=C(NCCCCC(F)(F)F)N1CCCC(CC(N)=O)C1. The fourth-order valence-electron chi connectivity index (χ4n) is 2.69.